The van der Waals surface area contributed by atoms with Crippen LogP contribution in [0.15, 0.2) is 40.6 Å². The van der Waals surface area contributed by atoms with E-state index in [4.69, 9.17) is 0 Å². The van der Waals surface area contributed by atoms with Crippen LogP contribution in [0.5, 0.6) is 0 Å². The van der Waals surface area contributed by atoms with Gasteiger partial charge in [-0.3, -0.25) is 9.78 Å². The number of hydrogen-bond donors (Lipinski definition) is 0. The molecule has 3 heterocycles. The highest BCUT2D eigenvalue weighted by atomic mass is 32.1. The molecule has 0 N–H and O–H groups in total. The van der Waals surface area contributed by atoms with Gasteiger partial charge in [0.05, 0.1) is 5.52 Å². The normalized spacial score (nSPS) is 10.8. The molecular weight excluding hydrogens is 290 g/mol. The van der Waals surface area contributed by atoms with Crippen LogP contribution in [-0.4, -0.2) is 23.6 Å². The Morgan fingerprint density at radius 3 is 3.00 bits per heavy atom. The first-order valence-electron chi connectivity index (χ1n) is 6.23. The van der Waals surface area contributed by atoms with E-state index in [1.807, 2.05) is 41.6 Å². The molecule has 0 aliphatic carbocycles. The maximum atomic E-state index is 12.0. The molecule has 0 amide bonds. The standard InChI is InChI=1S/C14H13N3OS2/c1-17(8-5-10-4-2-3-7-15-10)14-16-11-6-9-19-12(11)13(18)20-14/h2-4,6-7,9H,5,8H2,1H3. The Kier molecular flexibility index (Phi) is 3.75. The fraction of sp³-hybridized carbons (Fsp3) is 0.214. The van der Waals surface area contributed by atoms with E-state index < -0.39 is 0 Å². The quantitative estimate of drug-likeness (QED) is 0.743. The number of likely N-dealkylation sites (N-methyl/N-ethyl adjacent to an activating group) is 1. The van der Waals surface area contributed by atoms with Crippen LogP contribution in [0, 0.1) is 0 Å². The van der Waals surface area contributed by atoms with Crippen molar-refractivity contribution in [1.82, 2.24) is 9.97 Å². The molecular formula is C14H13N3OS2. The van der Waals surface area contributed by atoms with E-state index in [0.717, 1.165) is 34.0 Å². The van der Waals surface area contributed by atoms with Crippen LogP contribution in [0.3, 0.4) is 0 Å². The molecule has 20 heavy (non-hydrogen) atoms. The SMILES string of the molecule is CN(CCc1ccccn1)c1nc2ccsc2c(=O)s1. The van der Waals surface area contributed by atoms with Gasteiger partial charge in [0.1, 0.15) is 4.70 Å². The summed E-state index contributed by atoms with van der Waals surface area (Å²) >= 11 is 2.66. The van der Waals surface area contributed by atoms with Gasteiger partial charge >= 0.3 is 0 Å². The van der Waals surface area contributed by atoms with Crippen LogP contribution >= 0.6 is 22.7 Å². The average molecular weight is 303 g/mol. The van der Waals surface area contributed by atoms with Crippen molar-refractivity contribution in [3.8, 4) is 0 Å². The summed E-state index contributed by atoms with van der Waals surface area (Å²) in [7, 11) is 1.96. The number of thiophene rings is 1. The molecule has 0 saturated heterocycles. The van der Waals surface area contributed by atoms with E-state index >= 15 is 0 Å². The maximum absolute atomic E-state index is 12.0. The van der Waals surface area contributed by atoms with Crippen LogP contribution in [0.2, 0.25) is 0 Å². The number of nitrogens with zero attached hydrogens (tertiary/aromatic N) is 3. The molecule has 0 aromatic carbocycles. The molecule has 0 spiro atoms. The number of pyridine rings is 1. The van der Waals surface area contributed by atoms with E-state index in [0.29, 0.717) is 0 Å². The third-order valence-electron chi connectivity index (χ3n) is 2.99. The fourth-order valence-electron chi connectivity index (χ4n) is 1.89. The lowest BCUT2D eigenvalue weighted by atomic mass is 10.2. The highest BCUT2D eigenvalue weighted by Crippen LogP contribution is 2.21. The minimum atomic E-state index is 0.0877. The smallest absolute Gasteiger partial charge is 0.255 e. The predicted octanol–water partition coefficient (Wildman–Crippen LogP) is 2.79. The van der Waals surface area contributed by atoms with E-state index in [1.165, 1.54) is 22.7 Å². The summed E-state index contributed by atoms with van der Waals surface area (Å²) in [6.45, 7) is 0.787. The first kappa shape index (κ1) is 13.2. The lowest BCUT2D eigenvalue weighted by Gasteiger charge is -2.16. The second-order valence-electron chi connectivity index (χ2n) is 4.41. The van der Waals surface area contributed by atoms with Crippen molar-refractivity contribution in [2.75, 3.05) is 18.5 Å². The molecule has 0 unspecified atom stereocenters. The van der Waals surface area contributed by atoms with E-state index in [1.54, 1.807) is 6.20 Å². The summed E-state index contributed by atoms with van der Waals surface area (Å²) in [5.74, 6) is 0. The number of rotatable bonds is 4. The molecule has 3 aromatic rings. The molecule has 6 heteroatoms. The lowest BCUT2D eigenvalue weighted by molar-refractivity contribution is 0.849. The Balaban J connectivity index is 1.78. The van der Waals surface area contributed by atoms with E-state index in [2.05, 4.69) is 9.97 Å². The zero-order chi connectivity index (χ0) is 13.9. The second kappa shape index (κ2) is 5.68. The molecule has 0 aliphatic rings. The van der Waals surface area contributed by atoms with Gasteiger partial charge in [-0.25, -0.2) is 4.98 Å². The monoisotopic (exact) mass is 303 g/mol. The second-order valence-corrected chi connectivity index (χ2v) is 6.27. The van der Waals surface area contributed by atoms with Crippen molar-refractivity contribution in [2.45, 2.75) is 6.42 Å². The number of aromatic nitrogens is 2. The van der Waals surface area contributed by atoms with Crippen molar-refractivity contribution in [3.63, 3.8) is 0 Å². The molecule has 0 saturated carbocycles. The molecule has 102 valence electrons. The maximum Gasteiger partial charge on any atom is 0.255 e. The van der Waals surface area contributed by atoms with Crippen LogP contribution in [0.25, 0.3) is 10.2 Å². The number of fused-ring (bicyclic) bond motifs is 1. The molecule has 0 fully saturated rings. The van der Waals surface area contributed by atoms with Crippen LogP contribution in [0.4, 0.5) is 5.13 Å². The summed E-state index contributed by atoms with van der Waals surface area (Å²) in [6, 6.07) is 7.79. The topological polar surface area (TPSA) is 46.1 Å². The molecule has 4 nitrogen and oxygen atoms in total. The van der Waals surface area contributed by atoms with Crippen molar-refractivity contribution in [3.05, 3.63) is 51.1 Å². The van der Waals surface area contributed by atoms with Gasteiger partial charge in [0.2, 0.25) is 0 Å². The highest BCUT2D eigenvalue weighted by Gasteiger charge is 2.09. The van der Waals surface area contributed by atoms with Gasteiger partial charge in [0.25, 0.3) is 4.74 Å². The molecule has 0 radical (unpaired) electrons. The van der Waals surface area contributed by atoms with E-state index in [9.17, 15) is 4.79 Å². The van der Waals surface area contributed by atoms with Gasteiger partial charge in [-0.05, 0) is 23.6 Å². The number of anilines is 1. The largest absolute Gasteiger partial charge is 0.351 e. The first-order chi connectivity index (χ1) is 9.74. The van der Waals surface area contributed by atoms with Gasteiger partial charge in [-0.2, -0.15) is 0 Å². The molecule has 0 bridgehead atoms. The summed E-state index contributed by atoms with van der Waals surface area (Å²) in [4.78, 5) is 22.8. The van der Waals surface area contributed by atoms with E-state index in [-0.39, 0.29) is 4.74 Å². The van der Waals surface area contributed by atoms with Gasteiger partial charge in [-0.15, -0.1) is 11.3 Å². The Morgan fingerprint density at radius 1 is 1.30 bits per heavy atom. The van der Waals surface area contributed by atoms with Crippen molar-refractivity contribution in [2.24, 2.45) is 0 Å². The first-order valence-corrected chi connectivity index (χ1v) is 7.93. The Bertz CT molecular complexity index is 767. The van der Waals surface area contributed by atoms with Crippen molar-refractivity contribution in [1.29, 1.82) is 0 Å². The molecule has 3 rings (SSSR count). The third kappa shape index (κ3) is 2.71. The molecule has 3 aromatic heterocycles. The minimum Gasteiger partial charge on any atom is -0.351 e. The van der Waals surface area contributed by atoms with Crippen LogP contribution in [-0.2, 0) is 6.42 Å². The summed E-state index contributed by atoms with van der Waals surface area (Å²) < 4.78 is 0.835. The number of hydrogen-bond acceptors (Lipinski definition) is 6. The third-order valence-corrected chi connectivity index (χ3v) is 4.99. The minimum absolute atomic E-state index is 0.0877. The Morgan fingerprint density at radius 2 is 2.20 bits per heavy atom. The van der Waals surface area contributed by atoms with Crippen molar-refractivity contribution < 1.29 is 0 Å². The van der Waals surface area contributed by atoms with Gasteiger partial charge < -0.3 is 4.90 Å². The van der Waals surface area contributed by atoms with Gasteiger partial charge in [0, 0.05) is 31.9 Å². The zero-order valence-corrected chi connectivity index (χ0v) is 12.6. The molecule has 0 aliphatic heterocycles. The van der Waals surface area contributed by atoms with Gasteiger partial charge in [-0.1, -0.05) is 17.4 Å². The zero-order valence-electron chi connectivity index (χ0n) is 10.9. The highest BCUT2D eigenvalue weighted by molar-refractivity contribution is 7.21. The lowest BCUT2D eigenvalue weighted by Crippen LogP contribution is -2.21. The Hall–Kier alpha value is -1.79. The average Bonchev–Trinajstić information content (AvgIpc) is 2.95. The predicted molar refractivity (Wildman–Crippen MR) is 85.0 cm³/mol. The molecule has 0 atom stereocenters. The summed E-state index contributed by atoms with van der Waals surface area (Å²) in [5, 5.41) is 2.67. The van der Waals surface area contributed by atoms with Crippen LogP contribution < -0.4 is 9.64 Å². The Labute approximate surface area is 124 Å². The summed E-state index contributed by atoms with van der Waals surface area (Å²) in [6.07, 6.45) is 2.63. The summed E-state index contributed by atoms with van der Waals surface area (Å²) in [5.41, 5.74) is 1.83. The van der Waals surface area contributed by atoms with Crippen molar-refractivity contribution >= 4 is 38.0 Å². The fourth-order valence-corrected chi connectivity index (χ4v) is 3.57. The van der Waals surface area contributed by atoms with Crippen LogP contribution in [0.1, 0.15) is 5.69 Å². The van der Waals surface area contributed by atoms with Gasteiger partial charge in [0.15, 0.2) is 5.13 Å².